The zero-order valence-corrected chi connectivity index (χ0v) is 16.5. The number of carbonyl (C=O) groups excluding carboxylic acids is 1. The Morgan fingerprint density at radius 2 is 1.93 bits per heavy atom. The van der Waals surface area contributed by atoms with Gasteiger partial charge in [-0.05, 0) is 49.2 Å². The van der Waals surface area contributed by atoms with E-state index < -0.39 is 0 Å². The number of nitrogens with one attached hydrogen (secondary N) is 2. The van der Waals surface area contributed by atoms with Crippen molar-refractivity contribution in [3.8, 4) is 11.5 Å². The molecule has 0 radical (unpaired) electrons. The Hall–Kier alpha value is -3.15. The quantitative estimate of drug-likeness (QED) is 0.590. The van der Waals surface area contributed by atoms with Crippen LogP contribution in [0.15, 0.2) is 48.7 Å². The Morgan fingerprint density at radius 1 is 1.11 bits per heavy atom. The van der Waals surface area contributed by atoms with Gasteiger partial charge >= 0.3 is 0 Å². The number of pyridine rings is 2. The molecule has 0 aliphatic rings. The minimum absolute atomic E-state index is 0.248. The second kappa shape index (κ2) is 9.17. The Balaban J connectivity index is 1.77. The number of ether oxygens (including phenoxy) is 1. The minimum atomic E-state index is -0.248. The molecule has 0 bridgehead atoms. The highest BCUT2D eigenvalue weighted by Crippen LogP contribution is 2.26. The summed E-state index contributed by atoms with van der Waals surface area (Å²) >= 11 is 0. The lowest BCUT2D eigenvalue weighted by Gasteiger charge is -2.17. The summed E-state index contributed by atoms with van der Waals surface area (Å²) in [7, 11) is 1.57. The van der Waals surface area contributed by atoms with E-state index in [2.05, 4.69) is 29.5 Å². The van der Waals surface area contributed by atoms with Gasteiger partial charge in [0.15, 0.2) is 0 Å². The number of carbonyl (C=O) groups is 1. The van der Waals surface area contributed by atoms with Gasteiger partial charge in [-0.3, -0.25) is 9.78 Å². The maximum Gasteiger partial charge on any atom is 0.269 e. The van der Waals surface area contributed by atoms with Gasteiger partial charge in [0.05, 0.1) is 5.52 Å². The van der Waals surface area contributed by atoms with Crippen molar-refractivity contribution in [3.05, 3.63) is 54.4 Å². The van der Waals surface area contributed by atoms with Crippen LogP contribution in [-0.2, 0) is 0 Å². The van der Waals surface area contributed by atoms with Crippen molar-refractivity contribution < 1.29 is 9.53 Å². The van der Waals surface area contributed by atoms with Crippen molar-refractivity contribution in [1.29, 1.82) is 0 Å². The summed E-state index contributed by atoms with van der Waals surface area (Å²) in [5.41, 5.74) is 1.22. The lowest BCUT2D eigenvalue weighted by molar-refractivity contribution is 0.0958. The molecule has 1 aromatic carbocycles. The molecule has 1 amide bonds. The molecule has 6 nitrogen and oxygen atoms in total. The average molecular weight is 378 g/mol. The average Bonchev–Trinajstić information content (AvgIpc) is 2.73. The van der Waals surface area contributed by atoms with E-state index >= 15 is 0 Å². The van der Waals surface area contributed by atoms with Gasteiger partial charge < -0.3 is 15.4 Å². The van der Waals surface area contributed by atoms with E-state index in [-0.39, 0.29) is 5.91 Å². The number of nitrogens with zero attached hydrogens (tertiary/aromatic N) is 2. The summed E-state index contributed by atoms with van der Waals surface area (Å²) in [5.74, 6) is 1.89. The molecule has 2 heterocycles. The van der Waals surface area contributed by atoms with E-state index in [1.165, 1.54) is 0 Å². The van der Waals surface area contributed by atoms with E-state index in [0.29, 0.717) is 23.2 Å². The van der Waals surface area contributed by atoms with Crippen LogP contribution in [0, 0.1) is 0 Å². The number of anilines is 1. The van der Waals surface area contributed by atoms with E-state index in [0.717, 1.165) is 36.0 Å². The van der Waals surface area contributed by atoms with E-state index in [1.54, 1.807) is 25.4 Å². The third kappa shape index (κ3) is 4.76. The molecule has 3 rings (SSSR count). The van der Waals surface area contributed by atoms with Gasteiger partial charge in [0.2, 0.25) is 0 Å². The second-order valence-electron chi connectivity index (χ2n) is 6.65. The van der Waals surface area contributed by atoms with Gasteiger partial charge in [-0.1, -0.05) is 20.3 Å². The van der Waals surface area contributed by atoms with Crippen molar-refractivity contribution >= 4 is 22.6 Å². The van der Waals surface area contributed by atoms with Crippen LogP contribution < -0.4 is 15.4 Å². The monoisotopic (exact) mass is 378 g/mol. The third-order valence-electron chi connectivity index (χ3n) is 4.57. The van der Waals surface area contributed by atoms with Crippen molar-refractivity contribution in [1.82, 2.24) is 15.3 Å². The van der Waals surface area contributed by atoms with Crippen LogP contribution in [0.5, 0.6) is 11.5 Å². The largest absolute Gasteiger partial charge is 0.457 e. The molecular formula is C22H26N4O2. The number of hydrogen-bond donors (Lipinski definition) is 2. The minimum Gasteiger partial charge on any atom is -0.457 e. The van der Waals surface area contributed by atoms with Crippen molar-refractivity contribution in [2.24, 2.45) is 0 Å². The summed E-state index contributed by atoms with van der Waals surface area (Å²) in [4.78, 5) is 20.5. The Kier molecular flexibility index (Phi) is 6.42. The van der Waals surface area contributed by atoms with E-state index in [9.17, 15) is 4.79 Å². The molecule has 0 aliphatic heterocycles. The van der Waals surface area contributed by atoms with Gasteiger partial charge in [-0.25, -0.2) is 4.98 Å². The van der Waals surface area contributed by atoms with Gasteiger partial charge in [-0.2, -0.15) is 0 Å². The smallest absolute Gasteiger partial charge is 0.269 e. The van der Waals surface area contributed by atoms with Crippen LogP contribution in [0.3, 0.4) is 0 Å². The first-order valence-electron chi connectivity index (χ1n) is 9.66. The molecule has 0 saturated carbocycles. The summed E-state index contributed by atoms with van der Waals surface area (Å²) in [6, 6.07) is 13.6. The predicted molar refractivity (Wildman–Crippen MR) is 112 cm³/mol. The maximum absolute atomic E-state index is 11.7. The summed E-state index contributed by atoms with van der Waals surface area (Å²) in [6.07, 6.45) is 4.91. The fourth-order valence-corrected chi connectivity index (χ4v) is 3.05. The molecule has 0 fully saturated rings. The third-order valence-corrected chi connectivity index (χ3v) is 4.57. The molecule has 0 saturated heterocycles. The number of fused-ring (bicyclic) bond motifs is 1. The highest BCUT2D eigenvalue weighted by Gasteiger charge is 2.09. The highest BCUT2D eigenvalue weighted by atomic mass is 16.5. The molecule has 2 N–H and O–H groups in total. The first-order valence-corrected chi connectivity index (χ1v) is 9.66. The van der Waals surface area contributed by atoms with Crippen LogP contribution >= 0.6 is 0 Å². The Bertz CT molecular complexity index is 958. The zero-order chi connectivity index (χ0) is 19.9. The van der Waals surface area contributed by atoms with Crippen LogP contribution in [-0.4, -0.2) is 29.0 Å². The standard InChI is InChI=1S/C22H26N4O2/c1-4-6-16(5-2)25-21-10-7-15-13-17(8-9-19(15)26-21)28-18-11-12-24-20(14-18)22(27)23-3/h7-14,16H,4-6H2,1-3H3,(H,23,27)(H,25,26). The van der Waals surface area contributed by atoms with Gasteiger partial charge in [0, 0.05) is 30.7 Å². The Labute approximate surface area is 165 Å². The van der Waals surface area contributed by atoms with E-state index in [4.69, 9.17) is 9.72 Å². The first kappa shape index (κ1) is 19.6. The van der Waals surface area contributed by atoms with Crippen LogP contribution in [0.1, 0.15) is 43.6 Å². The van der Waals surface area contributed by atoms with Crippen molar-refractivity contribution in [2.45, 2.75) is 39.2 Å². The normalized spacial score (nSPS) is 11.8. The van der Waals surface area contributed by atoms with Gasteiger partial charge in [0.25, 0.3) is 5.91 Å². The number of rotatable bonds is 8. The topological polar surface area (TPSA) is 76.1 Å². The van der Waals surface area contributed by atoms with Crippen LogP contribution in [0.25, 0.3) is 10.9 Å². The molecule has 1 unspecified atom stereocenters. The van der Waals surface area contributed by atoms with Gasteiger partial charge in [-0.15, -0.1) is 0 Å². The molecular weight excluding hydrogens is 352 g/mol. The lowest BCUT2D eigenvalue weighted by Crippen LogP contribution is -2.18. The second-order valence-corrected chi connectivity index (χ2v) is 6.65. The zero-order valence-electron chi connectivity index (χ0n) is 16.5. The van der Waals surface area contributed by atoms with Crippen molar-refractivity contribution in [3.63, 3.8) is 0 Å². The SMILES string of the molecule is CCCC(CC)Nc1ccc2cc(Oc3ccnc(C(=O)NC)c3)ccc2n1. The number of aromatic nitrogens is 2. The molecule has 0 spiro atoms. The summed E-state index contributed by atoms with van der Waals surface area (Å²) < 4.78 is 5.90. The molecule has 2 aromatic heterocycles. The van der Waals surface area contributed by atoms with Crippen LogP contribution in [0.4, 0.5) is 5.82 Å². The molecule has 1 atom stereocenters. The lowest BCUT2D eigenvalue weighted by atomic mass is 10.1. The molecule has 6 heteroatoms. The number of hydrogen-bond acceptors (Lipinski definition) is 5. The molecule has 0 aliphatic carbocycles. The predicted octanol–water partition coefficient (Wildman–Crippen LogP) is 4.77. The fraction of sp³-hybridized carbons (Fsp3) is 0.318. The molecule has 28 heavy (non-hydrogen) atoms. The fourth-order valence-electron chi connectivity index (χ4n) is 3.05. The number of benzene rings is 1. The highest BCUT2D eigenvalue weighted by molar-refractivity contribution is 5.92. The van der Waals surface area contributed by atoms with Crippen molar-refractivity contribution in [2.75, 3.05) is 12.4 Å². The molecule has 146 valence electrons. The maximum atomic E-state index is 11.7. The van der Waals surface area contributed by atoms with Crippen LogP contribution in [0.2, 0.25) is 0 Å². The Morgan fingerprint density at radius 3 is 2.68 bits per heavy atom. The van der Waals surface area contributed by atoms with Gasteiger partial charge in [0.1, 0.15) is 23.0 Å². The number of amides is 1. The molecule has 3 aromatic rings. The van der Waals surface area contributed by atoms with E-state index in [1.807, 2.05) is 30.3 Å². The summed E-state index contributed by atoms with van der Waals surface area (Å²) in [6.45, 7) is 4.38. The summed E-state index contributed by atoms with van der Waals surface area (Å²) in [5, 5.41) is 7.06. The first-order chi connectivity index (χ1) is 13.6.